The van der Waals surface area contributed by atoms with Crippen LogP contribution in [0.4, 0.5) is 8.78 Å². The maximum absolute atomic E-state index is 13.1. The van der Waals surface area contributed by atoms with Gasteiger partial charge in [-0.25, -0.2) is 13.8 Å². The third-order valence-corrected chi connectivity index (χ3v) is 2.75. The minimum Gasteiger partial charge on any atom is -0.334 e. The first-order valence-corrected chi connectivity index (χ1v) is 5.61. The topological polar surface area (TPSA) is 61.9 Å². The third-order valence-electron chi connectivity index (χ3n) is 2.44. The lowest BCUT2D eigenvalue weighted by atomic mass is 10.2. The van der Waals surface area contributed by atoms with E-state index in [1.807, 2.05) is 0 Å². The minimum absolute atomic E-state index is 0.109. The zero-order chi connectivity index (χ0) is 14.0. The number of hydrogen-bond acceptors (Lipinski definition) is 3. The second kappa shape index (κ2) is 5.31. The molecule has 19 heavy (non-hydrogen) atoms. The maximum atomic E-state index is 13.1. The van der Waals surface area contributed by atoms with Gasteiger partial charge in [0.05, 0.1) is 17.1 Å². The Bertz CT molecular complexity index is 603. The van der Waals surface area contributed by atoms with Gasteiger partial charge >= 0.3 is 0 Å². The van der Waals surface area contributed by atoms with Crippen LogP contribution in [0.3, 0.4) is 0 Å². The molecule has 0 radical (unpaired) electrons. The van der Waals surface area contributed by atoms with Crippen molar-refractivity contribution in [2.75, 3.05) is 7.05 Å². The molecule has 0 saturated carbocycles. The van der Waals surface area contributed by atoms with Crippen LogP contribution in [0.5, 0.6) is 0 Å². The van der Waals surface area contributed by atoms with Gasteiger partial charge in [0.1, 0.15) is 12.2 Å². The highest BCUT2D eigenvalue weighted by molar-refractivity contribution is 6.33. The predicted molar refractivity (Wildman–Crippen MR) is 63.5 cm³/mol. The molecule has 2 aromatic rings. The molecule has 2 rings (SSSR count). The van der Waals surface area contributed by atoms with Crippen LogP contribution in [0.15, 0.2) is 18.5 Å². The average Bonchev–Trinajstić information content (AvgIpc) is 2.85. The molecule has 0 unspecified atom stereocenters. The fraction of sp³-hybridized carbons (Fsp3) is 0.182. The van der Waals surface area contributed by atoms with E-state index in [1.54, 1.807) is 0 Å². The predicted octanol–water partition coefficient (Wildman–Crippen LogP) is 2.01. The van der Waals surface area contributed by atoms with Crippen LogP contribution >= 0.6 is 11.6 Å². The second-order valence-electron chi connectivity index (χ2n) is 3.84. The van der Waals surface area contributed by atoms with Crippen molar-refractivity contribution in [3.05, 3.63) is 46.5 Å². The molecule has 0 aliphatic rings. The molecule has 1 heterocycles. The van der Waals surface area contributed by atoms with Crippen molar-refractivity contribution in [1.29, 1.82) is 0 Å². The minimum atomic E-state index is -1.12. The number of carbonyl (C=O) groups is 1. The van der Waals surface area contributed by atoms with E-state index >= 15 is 0 Å². The number of amides is 1. The highest BCUT2D eigenvalue weighted by Crippen LogP contribution is 2.21. The molecule has 0 saturated heterocycles. The summed E-state index contributed by atoms with van der Waals surface area (Å²) < 4.78 is 26.0. The summed E-state index contributed by atoms with van der Waals surface area (Å²) in [6, 6.07) is 1.54. The van der Waals surface area contributed by atoms with Gasteiger partial charge in [-0.2, -0.15) is 5.10 Å². The number of hydrogen-bond donors (Lipinski definition) is 1. The van der Waals surface area contributed by atoms with E-state index in [9.17, 15) is 13.6 Å². The molecule has 0 fully saturated rings. The second-order valence-corrected chi connectivity index (χ2v) is 4.25. The van der Waals surface area contributed by atoms with Crippen LogP contribution in [-0.4, -0.2) is 33.0 Å². The summed E-state index contributed by atoms with van der Waals surface area (Å²) in [7, 11) is 1.49. The summed E-state index contributed by atoms with van der Waals surface area (Å²) >= 11 is 5.73. The molecule has 1 aromatic carbocycles. The molecule has 8 heteroatoms. The van der Waals surface area contributed by atoms with Gasteiger partial charge in [0, 0.05) is 7.05 Å². The summed E-state index contributed by atoms with van der Waals surface area (Å²) in [5.41, 5.74) is -0.109. The van der Waals surface area contributed by atoms with Gasteiger partial charge in [-0.3, -0.25) is 9.89 Å². The number of aromatic nitrogens is 3. The van der Waals surface area contributed by atoms with E-state index in [4.69, 9.17) is 11.6 Å². The largest absolute Gasteiger partial charge is 0.334 e. The lowest BCUT2D eigenvalue weighted by Gasteiger charge is -2.16. The number of nitrogens with one attached hydrogen (secondary N) is 1. The number of nitrogens with zero attached hydrogens (tertiary/aromatic N) is 3. The van der Waals surface area contributed by atoms with Crippen molar-refractivity contribution in [1.82, 2.24) is 20.1 Å². The van der Waals surface area contributed by atoms with Gasteiger partial charge < -0.3 is 4.90 Å². The first-order valence-electron chi connectivity index (χ1n) is 5.23. The normalized spacial score (nSPS) is 10.5. The van der Waals surface area contributed by atoms with E-state index in [-0.39, 0.29) is 17.1 Å². The average molecular weight is 287 g/mol. The fourth-order valence-corrected chi connectivity index (χ4v) is 1.73. The molecule has 0 aliphatic carbocycles. The van der Waals surface area contributed by atoms with Gasteiger partial charge in [0.15, 0.2) is 11.6 Å². The summed E-state index contributed by atoms with van der Waals surface area (Å²) in [6.07, 6.45) is 1.30. The van der Waals surface area contributed by atoms with Gasteiger partial charge in [0.25, 0.3) is 5.91 Å². The SMILES string of the molecule is CN(Cc1ncn[nH]1)C(=O)c1cc(F)c(F)cc1Cl. The van der Waals surface area contributed by atoms with E-state index in [1.165, 1.54) is 18.3 Å². The molecule has 0 spiro atoms. The van der Waals surface area contributed by atoms with Crippen LogP contribution in [0.25, 0.3) is 0 Å². The number of H-pyrrole nitrogens is 1. The van der Waals surface area contributed by atoms with Crippen molar-refractivity contribution in [2.24, 2.45) is 0 Å². The summed E-state index contributed by atoms with van der Waals surface area (Å²) in [5.74, 6) is -2.30. The quantitative estimate of drug-likeness (QED) is 0.878. The van der Waals surface area contributed by atoms with Crippen LogP contribution < -0.4 is 0 Å². The van der Waals surface area contributed by atoms with Gasteiger partial charge in [-0.15, -0.1) is 0 Å². The van der Waals surface area contributed by atoms with Crippen molar-refractivity contribution < 1.29 is 13.6 Å². The monoisotopic (exact) mass is 286 g/mol. The highest BCUT2D eigenvalue weighted by Gasteiger charge is 2.19. The Morgan fingerprint density at radius 1 is 1.42 bits per heavy atom. The third kappa shape index (κ3) is 2.87. The Hall–Kier alpha value is -2.02. The maximum Gasteiger partial charge on any atom is 0.255 e. The Labute approximate surface area is 112 Å². The van der Waals surface area contributed by atoms with E-state index in [0.29, 0.717) is 5.82 Å². The number of benzene rings is 1. The Kier molecular flexibility index (Phi) is 3.75. The number of rotatable bonds is 3. The van der Waals surface area contributed by atoms with Crippen molar-refractivity contribution in [3.8, 4) is 0 Å². The molecule has 0 atom stereocenters. The lowest BCUT2D eigenvalue weighted by molar-refractivity contribution is 0.0781. The van der Waals surface area contributed by atoms with Crippen molar-refractivity contribution >= 4 is 17.5 Å². The molecule has 0 aliphatic heterocycles. The van der Waals surface area contributed by atoms with Gasteiger partial charge in [-0.1, -0.05) is 11.6 Å². The summed E-state index contributed by atoms with van der Waals surface area (Å²) in [5, 5.41) is 6.08. The molecular formula is C11H9ClF2N4O. The van der Waals surface area contributed by atoms with Gasteiger partial charge in [0.2, 0.25) is 0 Å². The van der Waals surface area contributed by atoms with Crippen LogP contribution in [-0.2, 0) is 6.54 Å². The van der Waals surface area contributed by atoms with Crippen molar-refractivity contribution in [2.45, 2.75) is 6.54 Å². The molecule has 1 N–H and O–H groups in total. The van der Waals surface area contributed by atoms with E-state index in [2.05, 4.69) is 15.2 Å². The smallest absolute Gasteiger partial charge is 0.255 e. The summed E-state index contributed by atoms with van der Waals surface area (Å²) in [6.45, 7) is 0.147. The Morgan fingerprint density at radius 2 is 2.11 bits per heavy atom. The molecule has 1 amide bonds. The first-order chi connectivity index (χ1) is 8.99. The number of aromatic amines is 1. The number of halogens is 3. The Balaban J connectivity index is 2.21. The zero-order valence-corrected chi connectivity index (χ0v) is 10.6. The standard InChI is InChI=1S/C11H9ClF2N4O/c1-18(4-10-15-5-16-17-10)11(19)6-2-8(13)9(14)3-7(6)12/h2-3,5H,4H2,1H3,(H,15,16,17). The zero-order valence-electron chi connectivity index (χ0n) is 9.82. The van der Waals surface area contributed by atoms with E-state index in [0.717, 1.165) is 12.1 Å². The first kappa shape index (κ1) is 13.4. The lowest BCUT2D eigenvalue weighted by Crippen LogP contribution is -2.27. The highest BCUT2D eigenvalue weighted by atomic mass is 35.5. The molecular weight excluding hydrogens is 278 g/mol. The van der Waals surface area contributed by atoms with Crippen LogP contribution in [0.2, 0.25) is 5.02 Å². The Morgan fingerprint density at radius 3 is 2.74 bits per heavy atom. The van der Waals surface area contributed by atoms with Crippen molar-refractivity contribution in [3.63, 3.8) is 0 Å². The van der Waals surface area contributed by atoms with Crippen LogP contribution in [0.1, 0.15) is 16.2 Å². The van der Waals surface area contributed by atoms with Crippen LogP contribution in [0, 0.1) is 11.6 Å². The fourth-order valence-electron chi connectivity index (χ4n) is 1.50. The van der Waals surface area contributed by atoms with Gasteiger partial charge in [-0.05, 0) is 12.1 Å². The summed E-state index contributed by atoms with van der Waals surface area (Å²) in [4.78, 5) is 17.2. The number of carbonyl (C=O) groups excluding carboxylic acids is 1. The molecule has 1 aromatic heterocycles. The molecule has 5 nitrogen and oxygen atoms in total. The molecule has 0 bridgehead atoms. The molecule has 100 valence electrons. The van der Waals surface area contributed by atoms with E-state index < -0.39 is 17.5 Å².